The zero-order valence-electron chi connectivity index (χ0n) is 27.8. The van der Waals surface area contributed by atoms with Crippen molar-refractivity contribution in [3.05, 3.63) is 68.1 Å². The van der Waals surface area contributed by atoms with Crippen LogP contribution in [0.3, 0.4) is 0 Å². The molecule has 2 aromatic heterocycles. The third-order valence-electron chi connectivity index (χ3n) is 9.68. The number of halogens is 6. The van der Waals surface area contributed by atoms with E-state index in [1.54, 1.807) is 4.68 Å². The Balaban J connectivity index is 0.000000367. The first-order valence-corrected chi connectivity index (χ1v) is 16.7. The second-order valence-electron chi connectivity index (χ2n) is 12.7. The topological polar surface area (TPSA) is 124 Å². The maximum absolute atomic E-state index is 15.1. The van der Waals surface area contributed by atoms with Crippen molar-refractivity contribution in [2.75, 3.05) is 44.4 Å². The van der Waals surface area contributed by atoms with Crippen LogP contribution in [0.1, 0.15) is 75.9 Å². The van der Waals surface area contributed by atoms with Crippen LogP contribution < -0.4 is 20.7 Å². The molecule has 2 atom stereocenters. The van der Waals surface area contributed by atoms with Gasteiger partial charge in [-0.25, -0.2) is 8.78 Å². The monoisotopic (exact) mass is 724 g/mol. The third kappa shape index (κ3) is 6.84. The van der Waals surface area contributed by atoms with Gasteiger partial charge in [-0.1, -0.05) is 11.6 Å². The van der Waals surface area contributed by atoms with Gasteiger partial charge >= 0.3 is 12.2 Å². The van der Waals surface area contributed by atoms with E-state index in [4.69, 9.17) is 26.8 Å². The van der Waals surface area contributed by atoms with E-state index in [0.717, 1.165) is 42.2 Å². The highest BCUT2D eigenvalue weighted by Gasteiger charge is 2.42. The number of amides is 1. The van der Waals surface area contributed by atoms with Gasteiger partial charge in [0, 0.05) is 55.8 Å². The number of benzene rings is 1. The summed E-state index contributed by atoms with van der Waals surface area (Å²) in [6.45, 7) is 5.18. The highest BCUT2D eigenvalue weighted by atomic mass is 35.5. The smallest absolute Gasteiger partial charge is 0.418 e. The van der Waals surface area contributed by atoms with E-state index < -0.39 is 39.9 Å². The Morgan fingerprint density at radius 3 is 2.64 bits per heavy atom. The molecule has 3 N–H and O–H groups in total. The van der Waals surface area contributed by atoms with Gasteiger partial charge in [0.05, 0.1) is 60.4 Å². The summed E-state index contributed by atoms with van der Waals surface area (Å²) in [6.07, 6.45) is -1.48. The molecule has 7 rings (SSSR count). The Morgan fingerprint density at radius 1 is 1.18 bits per heavy atom. The minimum atomic E-state index is -4.94. The maximum atomic E-state index is 15.1. The van der Waals surface area contributed by atoms with Crippen LogP contribution in [0.4, 0.5) is 33.5 Å². The molecule has 0 saturated carbocycles. The fourth-order valence-corrected chi connectivity index (χ4v) is 7.55. The number of nitrogens with zero attached hydrogens (tertiary/aromatic N) is 6. The number of alkyl halides is 3. The highest BCUT2D eigenvalue weighted by Crippen LogP contribution is 2.46. The molecule has 4 aliphatic rings. The van der Waals surface area contributed by atoms with Crippen LogP contribution in [0.15, 0.2) is 18.0 Å². The average Bonchev–Trinajstić information content (AvgIpc) is 3.73. The molecule has 2 fully saturated rings. The van der Waals surface area contributed by atoms with Gasteiger partial charge in [0.2, 0.25) is 0 Å². The van der Waals surface area contributed by atoms with Crippen LogP contribution in [-0.4, -0.2) is 70.4 Å². The predicted octanol–water partition coefficient (Wildman–Crippen LogP) is 5.68. The Kier molecular flexibility index (Phi) is 10.2. The number of fused-ring (bicyclic) bond motifs is 3. The van der Waals surface area contributed by atoms with Crippen LogP contribution in [0.2, 0.25) is 5.02 Å². The van der Waals surface area contributed by atoms with Crippen molar-refractivity contribution in [3.63, 3.8) is 0 Å². The largest absolute Gasteiger partial charge is 0.467 e. The summed E-state index contributed by atoms with van der Waals surface area (Å²) in [7, 11) is 2.91. The molecule has 3 aromatic rings. The van der Waals surface area contributed by atoms with Crippen LogP contribution in [-0.2, 0) is 37.0 Å². The number of carbonyl (C=O) groups excluding carboxylic acids is 1. The summed E-state index contributed by atoms with van der Waals surface area (Å²) in [5.41, 5.74) is 6.78. The molecule has 2 unspecified atom stereocenters. The zero-order valence-corrected chi connectivity index (χ0v) is 28.6. The SMILES string of the molecule is CNC(=O)c1nn2c(c1C)CN(c1nc(OC)nc3c1COC(c1c(F)c(N)cc(Cl)c1C(F)(F)F)C3)CCC2.F/C=C1/CC2CCCN2C1. The van der Waals surface area contributed by atoms with Gasteiger partial charge in [-0.15, -0.1) is 0 Å². The van der Waals surface area contributed by atoms with E-state index in [9.17, 15) is 22.4 Å². The number of aryl methyl sites for hydroxylation is 1. The van der Waals surface area contributed by atoms with Crippen molar-refractivity contribution >= 4 is 29.0 Å². The molecule has 1 amide bonds. The molecular formula is C33H38ClF5N8O3. The van der Waals surface area contributed by atoms with Crippen molar-refractivity contribution in [1.29, 1.82) is 0 Å². The zero-order chi connectivity index (χ0) is 35.9. The van der Waals surface area contributed by atoms with Crippen LogP contribution in [0.25, 0.3) is 0 Å². The summed E-state index contributed by atoms with van der Waals surface area (Å²) < 4.78 is 81.8. The number of carbonyl (C=O) groups is 1. The van der Waals surface area contributed by atoms with E-state index in [2.05, 4.69) is 25.3 Å². The van der Waals surface area contributed by atoms with Gasteiger partial charge < -0.3 is 25.4 Å². The second kappa shape index (κ2) is 14.3. The lowest BCUT2D eigenvalue weighted by molar-refractivity contribution is -0.140. The van der Waals surface area contributed by atoms with Crippen molar-refractivity contribution in [2.24, 2.45) is 0 Å². The van der Waals surface area contributed by atoms with E-state index in [1.807, 2.05) is 11.8 Å². The standard InChI is InChI=1S/C25H26ClF4N7O3.C8H12FN/c1-11-16-9-36(5-4-6-37(16)35-21(11)23(38)32-2)22-12-10-40-17(8-15(12)33-24(34-22)39-3)18-19(25(28,29)30)13(26)7-14(31)20(18)27;9-5-7-4-8-2-1-3-10(8)6-7/h7,17H,4-6,8-10,31H2,1-3H3,(H,32,38);5,8H,1-4,6H2/b;7-5-. The summed E-state index contributed by atoms with van der Waals surface area (Å²) in [5, 5.41) is 6.35. The summed E-state index contributed by atoms with van der Waals surface area (Å²) >= 11 is 5.88. The fourth-order valence-electron chi connectivity index (χ4n) is 7.22. The summed E-state index contributed by atoms with van der Waals surface area (Å²) in [6, 6.07) is 1.42. The third-order valence-corrected chi connectivity index (χ3v) is 9.98. The normalized spacial score (nSPS) is 21.2. The molecule has 1 aromatic carbocycles. The summed E-state index contributed by atoms with van der Waals surface area (Å²) in [5.74, 6) is -1.06. The molecule has 11 nitrogen and oxygen atoms in total. The lowest BCUT2D eigenvalue weighted by Gasteiger charge is -2.31. The maximum Gasteiger partial charge on any atom is 0.418 e. The Morgan fingerprint density at radius 2 is 1.96 bits per heavy atom. The van der Waals surface area contributed by atoms with E-state index in [-0.39, 0.29) is 24.9 Å². The lowest BCUT2D eigenvalue weighted by atomic mass is 9.93. The molecule has 4 aliphatic heterocycles. The predicted molar refractivity (Wildman–Crippen MR) is 175 cm³/mol. The van der Waals surface area contributed by atoms with E-state index in [1.165, 1.54) is 33.5 Å². The number of hydrogen-bond donors (Lipinski definition) is 2. The number of rotatable bonds is 4. The minimum absolute atomic E-state index is 0.00273. The van der Waals surface area contributed by atoms with E-state index >= 15 is 4.39 Å². The first-order chi connectivity index (χ1) is 23.8. The molecule has 17 heteroatoms. The van der Waals surface area contributed by atoms with Gasteiger partial charge in [0.15, 0.2) is 11.5 Å². The average molecular weight is 725 g/mol. The molecular weight excluding hydrogens is 687 g/mol. The highest BCUT2D eigenvalue weighted by molar-refractivity contribution is 6.31. The van der Waals surface area contributed by atoms with E-state index in [0.29, 0.717) is 54.9 Å². The number of aromatic nitrogens is 4. The molecule has 6 heterocycles. The first kappa shape index (κ1) is 35.8. The van der Waals surface area contributed by atoms with Crippen LogP contribution >= 0.6 is 11.6 Å². The van der Waals surface area contributed by atoms with Gasteiger partial charge in [-0.3, -0.25) is 14.4 Å². The minimum Gasteiger partial charge on any atom is -0.467 e. The van der Waals surface area contributed by atoms with Gasteiger partial charge in [-0.2, -0.15) is 28.2 Å². The van der Waals surface area contributed by atoms with Crippen molar-refractivity contribution in [3.8, 4) is 6.01 Å². The number of hydrogen-bond acceptors (Lipinski definition) is 9. The van der Waals surface area contributed by atoms with Crippen molar-refractivity contribution in [1.82, 2.24) is 30.0 Å². The number of methoxy groups -OCH3 is 1. The second-order valence-corrected chi connectivity index (χ2v) is 13.2. The van der Waals surface area contributed by atoms with Crippen LogP contribution in [0.5, 0.6) is 6.01 Å². The van der Waals surface area contributed by atoms with Crippen molar-refractivity contribution in [2.45, 2.75) is 77.0 Å². The number of nitrogens with two attached hydrogens (primary N) is 1. The Hall–Kier alpha value is -4.02. The fraction of sp³-hybridized carbons (Fsp3) is 0.515. The quantitative estimate of drug-likeness (QED) is 0.259. The number of nitrogen functional groups attached to an aromatic ring is 1. The molecule has 0 spiro atoms. The molecule has 270 valence electrons. The number of nitrogens with one attached hydrogen (secondary N) is 1. The molecule has 50 heavy (non-hydrogen) atoms. The van der Waals surface area contributed by atoms with Gasteiger partial charge in [-0.05, 0) is 50.8 Å². The summed E-state index contributed by atoms with van der Waals surface area (Å²) in [4.78, 5) is 25.6. The molecule has 2 saturated heterocycles. The lowest BCUT2D eigenvalue weighted by Crippen LogP contribution is -2.29. The molecule has 0 aliphatic carbocycles. The van der Waals surface area contributed by atoms with Gasteiger partial charge in [0.25, 0.3) is 5.91 Å². The van der Waals surface area contributed by atoms with Gasteiger partial charge in [0.1, 0.15) is 5.82 Å². The van der Waals surface area contributed by atoms with Crippen molar-refractivity contribution < 1.29 is 36.2 Å². The number of anilines is 2. The Labute approximate surface area is 290 Å². The first-order valence-electron chi connectivity index (χ1n) is 16.3. The molecule has 0 bridgehead atoms. The van der Waals surface area contributed by atoms with Crippen LogP contribution in [0, 0.1) is 12.7 Å². The number of ether oxygens (including phenoxy) is 2. The Bertz CT molecular complexity index is 1800. The molecule has 0 radical (unpaired) electrons.